The number of aryl methyl sites for hydroxylation is 1. The highest BCUT2D eigenvalue weighted by Gasteiger charge is 2.36. The van der Waals surface area contributed by atoms with Crippen molar-refractivity contribution in [2.45, 2.75) is 63.6 Å². The van der Waals surface area contributed by atoms with Crippen molar-refractivity contribution >= 4 is 5.91 Å². The average molecular weight is 289 g/mol. The first kappa shape index (κ1) is 13.2. The maximum atomic E-state index is 12.6. The molecule has 6 heteroatoms. The Morgan fingerprint density at radius 2 is 1.90 bits per heavy atom. The van der Waals surface area contributed by atoms with E-state index in [2.05, 4.69) is 20.4 Å². The van der Waals surface area contributed by atoms with Crippen LogP contribution in [-0.4, -0.2) is 50.7 Å². The van der Waals surface area contributed by atoms with E-state index in [9.17, 15) is 4.79 Å². The van der Waals surface area contributed by atoms with Crippen molar-refractivity contribution in [1.82, 2.24) is 25.0 Å². The van der Waals surface area contributed by atoms with E-state index in [1.807, 2.05) is 4.57 Å². The highest BCUT2D eigenvalue weighted by molar-refractivity contribution is 5.91. The highest BCUT2D eigenvalue weighted by atomic mass is 16.2. The normalized spacial score (nSPS) is 29.0. The van der Waals surface area contributed by atoms with Crippen LogP contribution in [0.15, 0.2) is 0 Å². The SMILES string of the molecule is O=C(N[C@H]1CCCN2CCC[C@@H]12)c1nnc2n1CCCC2. The summed E-state index contributed by atoms with van der Waals surface area (Å²) in [5.41, 5.74) is 0. The van der Waals surface area contributed by atoms with Crippen molar-refractivity contribution in [3.05, 3.63) is 11.6 Å². The number of amides is 1. The quantitative estimate of drug-likeness (QED) is 0.881. The van der Waals surface area contributed by atoms with Crippen LogP contribution in [-0.2, 0) is 13.0 Å². The lowest BCUT2D eigenvalue weighted by Crippen LogP contribution is -2.52. The Balaban J connectivity index is 1.49. The number of nitrogens with zero attached hydrogens (tertiary/aromatic N) is 4. The Labute approximate surface area is 124 Å². The Bertz CT molecular complexity index is 540. The molecule has 0 bridgehead atoms. The minimum atomic E-state index is -0.0330. The van der Waals surface area contributed by atoms with E-state index in [-0.39, 0.29) is 11.9 Å². The second kappa shape index (κ2) is 5.40. The molecule has 0 spiro atoms. The van der Waals surface area contributed by atoms with Gasteiger partial charge in [0.25, 0.3) is 5.91 Å². The molecule has 1 N–H and O–H groups in total. The maximum Gasteiger partial charge on any atom is 0.289 e. The van der Waals surface area contributed by atoms with Crippen LogP contribution in [0.4, 0.5) is 0 Å². The largest absolute Gasteiger partial charge is 0.345 e. The molecule has 0 radical (unpaired) electrons. The standard InChI is InChI=1S/C15H23N5O/c21-15(14-18-17-13-7-1-2-10-20(13)14)16-11-5-3-8-19-9-4-6-12(11)19/h11-12H,1-10H2,(H,16,21)/t11-,12-/m0/s1. The zero-order valence-corrected chi connectivity index (χ0v) is 12.4. The van der Waals surface area contributed by atoms with Gasteiger partial charge in [-0.1, -0.05) is 0 Å². The van der Waals surface area contributed by atoms with Gasteiger partial charge in [0, 0.05) is 25.0 Å². The van der Waals surface area contributed by atoms with Gasteiger partial charge in [-0.2, -0.15) is 0 Å². The van der Waals surface area contributed by atoms with Gasteiger partial charge < -0.3 is 9.88 Å². The molecule has 2 fully saturated rings. The topological polar surface area (TPSA) is 63.1 Å². The van der Waals surface area contributed by atoms with Crippen molar-refractivity contribution in [3.8, 4) is 0 Å². The van der Waals surface area contributed by atoms with Crippen molar-refractivity contribution in [1.29, 1.82) is 0 Å². The van der Waals surface area contributed by atoms with E-state index in [0.29, 0.717) is 11.9 Å². The zero-order valence-electron chi connectivity index (χ0n) is 12.4. The molecule has 6 nitrogen and oxygen atoms in total. The molecule has 2 atom stereocenters. The molecule has 21 heavy (non-hydrogen) atoms. The average Bonchev–Trinajstić information content (AvgIpc) is 3.14. The summed E-state index contributed by atoms with van der Waals surface area (Å²) in [5.74, 6) is 1.45. The van der Waals surface area contributed by atoms with Crippen molar-refractivity contribution in [2.24, 2.45) is 0 Å². The van der Waals surface area contributed by atoms with Crippen LogP contribution in [0.2, 0.25) is 0 Å². The van der Waals surface area contributed by atoms with Crippen LogP contribution in [0.3, 0.4) is 0 Å². The van der Waals surface area contributed by atoms with Crippen LogP contribution >= 0.6 is 0 Å². The molecule has 3 aliphatic rings. The monoisotopic (exact) mass is 289 g/mol. The Kier molecular flexibility index (Phi) is 3.41. The lowest BCUT2D eigenvalue weighted by molar-refractivity contribution is 0.0852. The summed E-state index contributed by atoms with van der Waals surface area (Å²) in [5, 5.41) is 11.6. The molecular weight excluding hydrogens is 266 g/mol. The lowest BCUT2D eigenvalue weighted by Gasteiger charge is -2.36. The summed E-state index contributed by atoms with van der Waals surface area (Å²) in [6, 6.07) is 0.816. The van der Waals surface area contributed by atoms with Gasteiger partial charge in [-0.25, -0.2) is 0 Å². The number of rotatable bonds is 2. The highest BCUT2D eigenvalue weighted by Crippen LogP contribution is 2.27. The van der Waals surface area contributed by atoms with Crippen LogP contribution < -0.4 is 5.32 Å². The molecule has 2 saturated heterocycles. The third-order valence-corrected chi connectivity index (χ3v) is 5.22. The number of carbonyl (C=O) groups is 1. The van der Waals surface area contributed by atoms with Crippen LogP contribution in [0.1, 0.15) is 55.0 Å². The van der Waals surface area contributed by atoms with Gasteiger partial charge in [0.2, 0.25) is 5.82 Å². The second-order valence-corrected chi connectivity index (χ2v) is 6.52. The smallest absolute Gasteiger partial charge is 0.289 e. The first-order valence-corrected chi connectivity index (χ1v) is 8.30. The Morgan fingerprint density at radius 3 is 2.81 bits per heavy atom. The Morgan fingerprint density at radius 1 is 1.05 bits per heavy atom. The van der Waals surface area contributed by atoms with Crippen molar-refractivity contribution < 1.29 is 4.79 Å². The predicted octanol–water partition coefficient (Wildman–Crippen LogP) is 0.971. The van der Waals surface area contributed by atoms with Gasteiger partial charge in [0.05, 0.1) is 0 Å². The minimum Gasteiger partial charge on any atom is -0.345 e. The molecule has 0 aliphatic carbocycles. The summed E-state index contributed by atoms with van der Waals surface area (Å²) in [7, 11) is 0. The van der Waals surface area contributed by atoms with Gasteiger partial charge in [0.15, 0.2) is 0 Å². The third-order valence-electron chi connectivity index (χ3n) is 5.22. The number of fused-ring (bicyclic) bond motifs is 2. The van der Waals surface area contributed by atoms with Gasteiger partial charge in [-0.05, 0) is 51.6 Å². The van der Waals surface area contributed by atoms with Gasteiger partial charge >= 0.3 is 0 Å². The predicted molar refractivity (Wildman–Crippen MR) is 78.0 cm³/mol. The van der Waals surface area contributed by atoms with Gasteiger partial charge in [-0.15, -0.1) is 10.2 Å². The van der Waals surface area contributed by atoms with E-state index in [4.69, 9.17) is 0 Å². The van der Waals surface area contributed by atoms with Gasteiger partial charge in [0.1, 0.15) is 5.82 Å². The molecule has 4 rings (SSSR count). The van der Waals surface area contributed by atoms with E-state index in [0.717, 1.165) is 38.1 Å². The van der Waals surface area contributed by atoms with E-state index in [1.165, 1.54) is 32.4 Å². The fourth-order valence-electron chi connectivity index (χ4n) is 4.17. The molecule has 114 valence electrons. The fraction of sp³-hybridized carbons (Fsp3) is 0.800. The molecule has 0 unspecified atom stereocenters. The number of hydrogen-bond donors (Lipinski definition) is 1. The molecule has 1 aromatic heterocycles. The van der Waals surface area contributed by atoms with E-state index < -0.39 is 0 Å². The maximum absolute atomic E-state index is 12.6. The lowest BCUT2D eigenvalue weighted by atomic mass is 9.96. The van der Waals surface area contributed by atoms with Crippen LogP contribution in [0, 0.1) is 0 Å². The minimum absolute atomic E-state index is 0.0330. The van der Waals surface area contributed by atoms with Crippen molar-refractivity contribution in [3.63, 3.8) is 0 Å². The van der Waals surface area contributed by atoms with Gasteiger partial charge in [-0.3, -0.25) is 9.69 Å². The zero-order chi connectivity index (χ0) is 14.2. The molecule has 1 aromatic rings. The molecule has 0 saturated carbocycles. The summed E-state index contributed by atoms with van der Waals surface area (Å²) in [4.78, 5) is 15.1. The first-order chi connectivity index (χ1) is 10.3. The number of hydrogen-bond acceptors (Lipinski definition) is 4. The fourth-order valence-corrected chi connectivity index (χ4v) is 4.17. The summed E-state index contributed by atoms with van der Waals surface area (Å²) in [6.45, 7) is 3.26. The Hall–Kier alpha value is -1.43. The molecule has 1 amide bonds. The molecular formula is C15H23N5O. The molecule has 0 aromatic carbocycles. The molecule has 3 aliphatic heterocycles. The number of carbonyl (C=O) groups excluding carboxylic acids is 1. The number of piperidine rings is 1. The van der Waals surface area contributed by atoms with Crippen LogP contribution in [0.25, 0.3) is 0 Å². The summed E-state index contributed by atoms with van der Waals surface area (Å²) < 4.78 is 2.01. The number of aromatic nitrogens is 3. The summed E-state index contributed by atoms with van der Waals surface area (Å²) >= 11 is 0. The number of nitrogens with one attached hydrogen (secondary N) is 1. The van der Waals surface area contributed by atoms with Crippen LogP contribution in [0.5, 0.6) is 0 Å². The first-order valence-electron chi connectivity index (χ1n) is 8.30. The van der Waals surface area contributed by atoms with E-state index >= 15 is 0 Å². The van der Waals surface area contributed by atoms with Crippen molar-refractivity contribution in [2.75, 3.05) is 13.1 Å². The summed E-state index contributed by atoms with van der Waals surface area (Å²) in [6.07, 6.45) is 7.96. The van der Waals surface area contributed by atoms with E-state index in [1.54, 1.807) is 0 Å². The molecule has 4 heterocycles. The third kappa shape index (κ3) is 2.35. The second-order valence-electron chi connectivity index (χ2n) is 6.52.